The number of ether oxygens (including phenoxy) is 3. The van der Waals surface area contributed by atoms with E-state index < -0.39 is 0 Å². The van der Waals surface area contributed by atoms with Gasteiger partial charge in [-0.25, -0.2) is 0 Å². The van der Waals surface area contributed by atoms with Crippen molar-refractivity contribution in [3.63, 3.8) is 0 Å². The smallest absolute Gasteiger partial charge is 0.191 e. The molecule has 1 fully saturated rings. The predicted octanol–water partition coefficient (Wildman–Crippen LogP) is 3.27. The molecule has 2 rings (SSSR count). The van der Waals surface area contributed by atoms with Crippen molar-refractivity contribution >= 4 is 29.9 Å². The quantitative estimate of drug-likeness (QED) is 0.186. The zero-order chi connectivity index (χ0) is 20.9. The number of methoxy groups -OCH3 is 2. The third-order valence-electron chi connectivity index (χ3n) is 4.92. The van der Waals surface area contributed by atoms with Gasteiger partial charge >= 0.3 is 0 Å². The zero-order valence-corrected chi connectivity index (χ0v) is 21.2. The van der Waals surface area contributed by atoms with Crippen molar-refractivity contribution in [3.8, 4) is 11.5 Å². The number of nitrogens with zero attached hydrogens (tertiary/aromatic N) is 2. The van der Waals surface area contributed by atoms with Gasteiger partial charge in [0, 0.05) is 44.9 Å². The van der Waals surface area contributed by atoms with Gasteiger partial charge in [-0.1, -0.05) is 13.3 Å². The first kappa shape index (κ1) is 26.8. The van der Waals surface area contributed by atoms with Gasteiger partial charge in [0.25, 0.3) is 0 Å². The minimum atomic E-state index is 0. The van der Waals surface area contributed by atoms with E-state index in [9.17, 15) is 0 Å². The van der Waals surface area contributed by atoms with Crippen molar-refractivity contribution in [1.29, 1.82) is 0 Å². The van der Waals surface area contributed by atoms with Crippen molar-refractivity contribution in [1.82, 2.24) is 15.5 Å². The van der Waals surface area contributed by atoms with Crippen LogP contribution in [0.25, 0.3) is 0 Å². The van der Waals surface area contributed by atoms with E-state index in [-0.39, 0.29) is 24.0 Å². The lowest BCUT2D eigenvalue weighted by molar-refractivity contribution is 0.138. The summed E-state index contributed by atoms with van der Waals surface area (Å²) in [6, 6.07) is 6.45. The minimum absolute atomic E-state index is 0. The van der Waals surface area contributed by atoms with Gasteiger partial charge < -0.3 is 24.8 Å². The van der Waals surface area contributed by atoms with E-state index in [1.54, 1.807) is 14.2 Å². The highest BCUT2D eigenvalue weighted by atomic mass is 127. The molecule has 0 radical (unpaired) electrons. The number of hydrogen-bond donors (Lipinski definition) is 2. The van der Waals surface area contributed by atoms with Gasteiger partial charge in [-0.2, -0.15) is 0 Å². The lowest BCUT2D eigenvalue weighted by Crippen LogP contribution is -2.44. The number of unbranched alkanes of at least 4 members (excludes halogenated alkanes) is 1. The molecule has 1 unspecified atom stereocenters. The van der Waals surface area contributed by atoms with Gasteiger partial charge in [-0.3, -0.25) is 9.89 Å². The summed E-state index contributed by atoms with van der Waals surface area (Å²) in [5.74, 6) is 2.54. The summed E-state index contributed by atoms with van der Waals surface area (Å²) >= 11 is 0. The van der Waals surface area contributed by atoms with E-state index in [0.717, 1.165) is 69.5 Å². The first-order valence-corrected chi connectivity index (χ1v) is 10.7. The lowest BCUT2D eigenvalue weighted by Gasteiger charge is -2.19. The average molecular weight is 534 g/mol. The largest absolute Gasteiger partial charge is 0.497 e. The second kappa shape index (κ2) is 15.5. The van der Waals surface area contributed by atoms with E-state index in [0.29, 0.717) is 19.2 Å². The molecule has 1 atom stereocenters. The second-order valence-electron chi connectivity index (χ2n) is 7.31. The molecule has 0 bridgehead atoms. The second-order valence-corrected chi connectivity index (χ2v) is 7.31. The Labute approximate surface area is 199 Å². The van der Waals surface area contributed by atoms with E-state index in [1.807, 2.05) is 6.07 Å². The van der Waals surface area contributed by atoms with Gasteiger partial charge in [0.2, 0.25) is 0 Å². The molecule has 0 spiro atoms. The molecule has 7 nitrogen and oxygen atoms in total. The number of benzene rings is 1. The Kier molecular flexibility index (Phi) is 13.9. The molecule has 8 heteroatoms. The SMILES string of the molecule is CCCCOCCN=C(NCC)NC1CCN(Cc2cc(OC)cc(OC)c2)C1.I. The molecule has 30 heavy (non-hydrogen) atoms. The molecule has 1 heterocycles. The summed E-state index contributed by atoms with van der Waals surface area (Å²) in [6.45, 7) is 10.2. The number of halogens is 1. The molecule has 0 amide bonds. The molecule has 1 saturated heterocycles. The maximum atomic E-state index is 5.60. The molecule has 1 aromatic rings. The number of rotatable bonds is 12. The zero-order valence-electron chi connectivity index (χ0n) is 18.9. The fourth-order valence-corrected chi connectivity index (χ4v) is 3.39. The van der Waals surface area contributed by atoms with Crippen LogP contribution in [0.15, 0.2) is 23.2 Å². The third kappa shape index (κ3) is 9.70. The van der Waals surface area contributed by atoms with Gasteiger partial charge in [-0.05, 0) is 37.5 Å². The number of likely N-dealkylation sites (tertiary alicyclic amines) is 1. The molecule has 0 saturated carbocycles. The van der Waals surface area contributed by atoms with Gasteiger partial charge in [-0.15, -0.1) is 24.0 Å². The number of hydrogen-bond acceptors (Lipinski definition) is 5. The maximum absolute atomic E-state index is 5.60. The van der Waals surface area contributed by atoms with Crippen LogP contribution in [0, 0.1) is 0 Å². The minimum Gasteiger partial charge on any atom is -0.497 e. The molecule has 172 valence electrons. The van der Waals surface area contributed by atoms with E-state index in [4.69, 9.17) is 14.2 Å². The summed E-state index contributed by atoms with van der Waals surface area (Å²) in [6.07, 6.45) is 3.37. The Balaban J connectivity index is 0.00000450. The highest BCUT2D eigenvalue weighted by Crippen LogP contribution is 2.24. The maximum Gasteiger partial charge on any atom is 0.191 e. The molecule has 1 aromatic carbocycles. The van der Waals surface area contributed by atoms with Crippen LogP contribution in [0.2, 0.25) is 0 Å². The Hall–Kier alpha value is -1.26. The van der Waals surface area contributed by atoms with E-state index >= 15 is 0 Å². The van der Waals surface area contributed by atoms with Crippen molar-refractivity contribution in [2.24, 2.45) is 4.99 Å². The monoisotopic (exact) mass is 534 g/mol. The summed E-state index contributed by atoms with van der Waals surface area (Å²) in [5.41, 5.74) is 1.20. The van der Waals surface area contributed by atoms with Gasteiger partial charge in [0.1, 0.15) is 11.5 Å². The predicted molar refractivity (Wildman–Crippen MR) is 133 cm³/mol. The first-order chi connectivity index (χ1) is 14.2. The molecular weight excluding hydrogens is 495 g/mol. The number of aliphatic imine (C=N–C) groups is 1. The molecule has 0 aliphatic carbocycles. The van der Waals surface area contributed by atoms with Crippen LogP contribution >= 0.6 is 24.0 Å². The number of nitrogens with one attached hydrogen (secondary N) is 2. The molecule has 0 aromatic heterocycles. The molecular formula is C22H39IN4O3. The summed E-state index contributed by atoms with van der Waals surface area (Å²) in [5, 5.41) is 6.91. The van der Waals surface area contributed by atoms with E-state index in [1.165, 1.54) is 5.56 Å². The van der Waals surface area contributed by atoms with Crippen LogP contribution in [0.4, 0.5) is 0 Å². The van der Waals surface area contributed by atoms with Crippen molar-refractivity contribution < 1.29 is 14.2 Å². The van der Waals surface area contributed by atoms with Crippen LogP contribution in [0.5, 0.6) is 11.5 Å². The van der Waals surface area contributed by atoms with Crippen LogP contribution in [-0.2, 0) is 11.3 Å². The summed E-state index contributed by atoms with van der Waals surface area (Å²) in [7, 11) is 3.37. The Morgan fingerprint density at radius 1 is 1.13 bits per heavy atom. The third-order valence-corrected chi connectivity index (χ3v) is 4.92. The van der Waals surface area contributed by atoms with Gasteiger partial charge in [0.05, 0.1) is 27.4 Å². The topological polar surface area (TPSA) is 67.4 Å². The Morgan fingerprint density at radius 3 is 2.50 bits per heavy atom. The average Bonchev–Trinajstić information content (AvgIpc) is 3.16. The number of guanidine groups is 1. The van der Waals surface area contributed by atoms with Crippen LogP contribution in [0.3, 0.4) is 0 Å². The summed E-state index contributed by atoms with van der Waals surface area (Å²) < 4.78 is 16.4. The molecule has 2 N–H and O–H groups in total. The Bertz CT molecular complexity index is 608. The molecule has 1 aliphatic heterocycles. The fourth-order valence-electron chi connectivity index (χ4n) is 3.39. The van der Waals surface area contributed by atoms with Crippen LogP contribution in [0.1, 0.15) is 38.7 Å². The Morgan fingerprint density at radius 2 is 1.87 bits per heavy atom. The lowest BCUT2D eigenvalue weighted by atomic mass is 10.2. The highest BCUT2D eigenvalue weighted by Gasteiger charge is 2.23. The fraction of sp³-hybridized carbons (Fsp3) is 0.682. The molecule has 1 aliphatic rings. The van der Waals surface area contributed by atoms with Crippen molar-refractivity contribution in [2.45, 2.75) is 45.7 Å². The van der Waals surface area contributed by atoms with Crippen LogP contribution in [-0.4, -0.2) is 70.5 Å². The van der Waals surface area contributed by atoms with Crippen molar-refractivity contribution in [3.05, 3.63) is 23.8 Å². The first-order valence-electron chi connectivity index (χ1n) is 10.7. The summed E-state index contributed by atoms with van der Waals surface area (Å²) in [4.78, 5) is 7.09. The standard InChI is InChI=1S/C22H38N4O3.HI/c1-5-7-11-29-12-9-24-22(23-6-2)25-19-8-10-26(17-19)16-18-13-20(27-3)15-21(14-18)28-4;/h13-15,19H,5-12,16-17H2,1-4H3,(H2,23,24,25);1H. The highest BCUT2D eigenvalue weighted by molar-refractivity contribution is 14.0. The van der Waals surface area contributed by atoms with Crippen LogP contribution < -0.4 is 20.1 Å². The van der Waals surface area contributed by atoms with E-state index in [2.05, 4.69) is 46.5 Å². The van der Waals surface area contributed by atoms with Crippen molar-refractivity contribution in [2.75, 3.05) is 53.6 Å². The van der Waals surface area contributed by atoms with Gasteiger partial charge in [0.15, 0.2) is 5.96 Å². The normalized spacial score (nSPS) is 16.8.